The number of sulfonamides is 1. The molecule has 0 aromatic heterocycles. The van der Waals surface area contributed by atoms with Crippen molar-refractivity contribution in [1.82, 2.24) is 0 Å². The third kappa shape index (κ3) is 5.09. The van der Waals surface area contributed by atoms with Crippen LogP contribution in [0, 0.1) is 27.7 Å². The highest BCUT2D eigenvalue weighted by atomic mass is 32.2. The van der Waals surface area contributed by atoms with Gasteiger partial charge in [0.2, 0.25) is 10.0 Å². The zero-order chi connectivity index (χ0) is 29.6. The van der Waals surface area contributed by atoms with Crippen LogP contribution in [0.25, 0.3) is 33.4 Å². The predicted molar refractivity (Wildman–Crippen MR) is 170 cm³/mol. The van der Waals surface area contributed by atoms with Crippen LogP contribution in [0.5, 0.6) is 0 Å². The second-order valence-corrected chi connectivity index (χ2v) is 12.2. The van der Waals surface area contributed by atoms with Crippen molar-refractivity contribution < 1.29 is 12.8 Å². The van der Waals surface area contributed by atoms with Gasteiger partial charge < -0.3 is 9.73 Å². The summed E-state index contributed by atoms with van der Waals surface area (Å²) >= 11 is 0. The summed E-state index contributed by atoms with van der Waals surface area (Å²) in [6, 6.07) is 30.7. The third-order valence-corrected chi connectivity index (χ3v) is 8.57. The summed E-state index contributed by atoms with van der Waals surface area (Å²) in [6.07, 6.45) is 0. The number of para-hydroxylation sites is 2. The molecule has 210 valence electrons. The van der Waals surface area contributed by atoms with E-state index in [4.69, 9.17) is 14.5 Å². The molecular formula is C35H31N3O3S. The Kier molecular flexibility index (Phi) is 6.93. The summed E-state index contributed by atoms with van der Waals surface area (Å²) < 4.78 is 31.9. The molecular weight excluding hydrogens is 542 g/mol. The van der Waals surface area contributed by atoms with Crippen molar-refractivity contribution in [2.45, 2.75) is 32.6 Å². The van der Waals surface area contributed by atoms with Gasteiger partial charge in [-0.15, -0.1) is 0 Å². The molecule has 0 amide bonds. The first-order valence-electron chi connectivity index (χ1n) is 13.7. The van der Waals surface area contributed by atoms with Gasteiger partial charge in [-0.25, -0.2) is 18.5 Å². The molecule has 0 atom stereocenters. The number of anilines is 2. The first kappa shape index (κ1) is 27.4. The van der Waals surface area contributed by atoms with Crippen molar-refractivity contribution in [2.75, 3.05) is 5.32 Å². The fraction of sp³-hybridized carbons (Fsp3) is 0.114. The molecule has 0 bridgehead atoms. The fourth-order valence-electron chi connectivity index (χ4n) is 5.50. The Balaban J connectivity index is 1.64. The van der Waals surface area contributed by atoms with Crippen LogP contribution in [-0.2, 0) is 10.0 Å². The molecule has 1 aliphatic heterocycles. The molecule has 7 heteroatoms. The van der Waals surface area contributed by atoms with E-state index < -0.39 is 10.0 Å². The van der Waals surface area contributed by atoms with E-state index in [1.165, 1.54) is 6.07 Å². The minimum atomic E-state index is -4.00. The first-order valence-corrected chi connectivity index (χ1v) is 15.2. The summed E-state index contributed by atoms with van der Waals surface area (Å²) in [7, 11) is -4.00. The number of hydrogen-bond donors (Lipinski definition) is 2. The number of nitrogens with zero attached hydrogens (tertiary/aromatic N) is 1. The molecule has 0 saturated carbocycles. The van der Waals surface area contributed by atoms with E-state index in [1.807, 2.05) is 80.6 Å². The zero-order valence-corrected chi connectivity index (χ0v) is 24.7. The Morgan fingerprint density at radius 3 is 2.07 bits per heavy atom. The molecule has 1 heterocycles. The number of benzene rings is 5. The number of nitrogens with two attached hydrogens (primary N) is 1. The lowest BCUT2D eigenvalue weighted by atomic mass is 9.93. The normalized spacial score (nSPS) is 12.3. The lowest BCUT2D eigenvalue weighted by Crippen LogP contribution is -2.13. The van der Waals surface area contributed by atoms with Crippen molar-refractivity contribution in [3.8, 4) is 22.5 Å². The minimum absolute atomic E-state index is 0.0563. The standard InChI is InChI=1S/C35H31N3O3S/c1-21-9-7-10-22(2)34(21)37-25-15-17-27-30(19-25)41-31-20-26(38-35-23(3)11-8-12-24(35)4)16-18-28(31)33(27)29-13-5-6-14-32(29)42(36,39)40/h5-20,37H,1-4H3,(H2,36,39,40)/b38-26+. The molecule has 6 nitrogen and oxygen atoms in total. The van der Waals surface area contributed by atoms with Crippen molar-refractivity contribution in [2.24, 2.45) is 10.1 Å². The zero-order valence-electron chi connectivity index (χ0n) is 23.9. The van der Waals surface area contributed by atoms with Gasteiger partial charge in [-0.2, -0.15) is 0 Å². The summed E-state index contributed by atoms with van der Waals surface area (Å²) in [4.78, 5) is 4.99. The van der Waals surface area contributed by atoms with E-state index in [9.17, 15) is 8.42 Å². The van der Waals surface area contributed by atoms with Crippen molar-refractivity contribution in [3.05, 3.63) is 125 Å². The molecule has 4 aromatic carbocycles. The highest BCUT2D eigenvalue weighted by molar-refractivity contribution is 7.89. The van der Waals surface area contributed by atoms with Gasteiger partial charge in [0.25, 0.3) is 0 Å². The molecule has 4 aromatic rings. The maximum absolute atomic E-state index is 12.7. The maximum atomic E-state index is 12.7. The van der Waals surface area contributed by atoms with Gasteiger partial charge in [0, 0.05) is 45.6 Å². The molecule has 0 spiro atoms. The van der Waals surface area contributed by atoms with Crippen molar-refractivity contribution in [1.29, 1.82) is 0 Å². The van der Waals surface area contributed by atoms with Crippen LogP contribution in [0.2, 0.25) is 0 Å². The van der Waals surface area contributed by atoms with Gasteiger partial charge >= 0.3 is 0 Å². The van der Waals surface area contributed by atoms with E-state index in [2.05, 4.69) is 31.3 Å². The summed E-state index contributed by atoms with van der Waals surface area (Å²) in [5.41, 5.74) is 9.82. The molecule has 42 heavy (non-hydrogen) atoms. The Hall–Kier alpha value is -4.72. The Morgan fingerprint density at radius 1 is 0.714 bits per heavy atom. The minimum Gasteiger partial charge on any atom is -0.456 e. The van der Waals surface area contributed by atoms with Crippen LogP contribution in [0.1, 0.15) is 22.3 Å². The van der Waals surface area contributed by atoms with Gasteiger partial charge in [-0.1, -0.05) is 54.6 Å². The van der Waals surface area contributed by atoms with E-state index in [0.29, 0.717) is 16.9 Å². The lowest BCUT2D eigenvalue weighted by molar-refractivity contribution is 0.598. The van der Waals surface area contributed by atoms with Crippen LogP contribution in [-0.4, -0.2) is 8.42 Å². The smallest absolute Gasteiger partial charge is 0.238 e. The van der Waals surface area contributed by atoms with Gasteiger partial charge in [-0.3, -0.25) is 0 Å². The second-order valence-electron chi connectivity index (χ2n) is 10.7. The molecule has 0 radical (unpaired) electrons. The summed E-state index contributed by atoms with van der Waals surface area (Å²) in [6.45, 7) is 8.21. The average Bonchev–Trinajstić information content (AvgIpc) is 2.95. The summed E-state index contributed by atoms with van der Waals surface area (Å²) in [5, 5.41) is 10.7. The number of fused-ring (bicyclic) bond motifs is 2. The molecule has 6 rings (SSSR count). The monoisotopic (exact) mass is 573 g/mol. The van der Waals surface area contributed by atoms with Crippen molar-refractivity contribution in [3.63, 3.8) is 0 Å². The fourth-order valence-corrected chi connectivity index (χ4v) is 6.25. The molecule has 0 unspecified atom stereocenters. The summed E-state index contributed by atoms with van der Waals surface area (Å²) in [5.74, 6) is 0.582. The van der Waals surface area contributed by atoms with Crippen LogP contribution in [0.4, 0.5) is 17.1 Å². The first-order chi connectivity index (χ1) is 20.1. The highest BCUT2D eigenvalue weighted by Crippen LogP contribution is 2.43. The quantitative estimate of drug-likeness (QED) is 0.204. The lowest BCUT2D eigenvalue weighted by Gasteiger charge is -2.18. The predicted octanol–water partition coefficient (Wildman–Crippen LogP) is 8.06. The number of hydrogen-bond acceptors (Lipinski definition) is 5. The average molecular weight is 574 g/mol. The Bertz CT molecular complexity index is 2110. The Labute approximate surface area is 245 Å². The number of nitrogens with one attached hydrogen (secondary N) is 1. The van der Waals surface area contributed by atoms with Gasteiger partial charge in [0.1, 0.15) is 11.3 Å². The van der Waals surface area contributed by atoms with E-state index in [1.54, 1.807) is 12.1 Å². The van der Waals surface area contributed by atoms with Crippen LogP contribution in [0.15, 0.2) is 111 Å². The molecule has 0 saturated heterocycles. The topological polar surface area (TPSA) is 97.7 Å². The Morgan fingerprint density at radius 2 is 1.38 bits per heavy atom. The van der Waals surface area contributed by atoms with E-state index in [0.717, 1.165) is 61.2 Å². The van der Waals surface area contributed by atoms with Gasteiger partial charge in [-0.05, 0) is 80.3 Å². The maximum Gasteiger partial charge on any atom is 0.238 e. The SMILES string of the molecule is Cc1cccc(C)c1/N=c1\ccc2c(-c3ccccc3S(N)(=O)=O)c3ccc(Nc4c(C)cccc4C)cc3oc-2c1. The molecule has 3 N–H and O–H groups in total. The second kappa shape index (κ2) is 10.6. The molecule has 0 fully saturated rings. The highest BCUT2D eigenvalue weighted by Gasteiger charge is 2.23. The molecule has 2 aliphatic rings. The van der Waals surface area contributed by atoms with Gasteiger partial charge in [0.05, 0.1) is 15.9 Å². The number of rotatable bonds is 5. The van der Waals surface area contributed by atoms with E-state index in [-0.39, 0.29) is 4.90 Å². The number of primary sulfonamides is 1. The molecule has 1 aliphatic carbocycles. The number of aryl methyl sites for hydroxylation is 4. The van der Waals surface area contributed by atoms with Gasteiger partial charge in [0.15, 0.2) is 0 Å². The van der Waals surface area contributed by atoms with Crippen LogP contribution < -0.4 is 15.8 Å². The van der Waals surface area contributed by atoms with E-state index >= 15 is 0 Å². The van der Waals surface area contributed by atoms with Crippen LogP contribution in [0.3, 0.4) is 0 Å². The third-order valence-electron chi connectivity index (χ3n) is 7.60. The van der Waals surface area contributed by atoms with Crippen LogP contribution >= 0.6 is 0 Å². The van der Waals surface area contributed by atoms with Crippen molar-refractivity contribution >= 4 is 38.1 Å². The largest absolute Gasteiger partial charge is 0.456 e.